The second-order valence-electron chi connectivity index (χ2n) is 9.20. The number of nitrogens with one attached hydrogen (secondary N) is 1. The molecule has 1 spiro atoms. The second-order valence-corrected chi connectivity index (χ2v) is 11.0. The first kappa shape index (κ1) is 19.6. The molecule has 6 heteroatoms. The first-order valence-electron chi connectivity index (χ1n) is 10.2. The molecular formula is C22H30N2O3S. The molecule has 3 fully saturated rings. The SMILES string of the molecule is C=CC[C@@H](NCc1ccccc1)C(=O)N1[C@H]2C[C@@H]3CC[C@@]2(CS1(=O)=O)C3(C)C. The van der Waals surface area contributed by atoms with Crippen molar-refractivity contribution in [2.45, 2.75) is 58.2 Å². The van der Waals surface area contributed by atoms with Crippen LogP contribution in [0, 0.1) is 16.7 Å². The van der Waals surface area contributed by atoms with Gasteiger partial charge in [-0.25, -0.2) is 12.7 Å². The highest BCUT2D eigenvalue weighted by Gasteiger charge is 2.72. The second kappa shape index (κ2) is 6.70. The largest absolute Gasteiger partial charge is 0.301 e. The van der Waals surface area contributed by atoms with Crippen molar-refractivity contribution in [3.05, 3.63) is 48.6 Å². The molecule has 4 atom stereocenters. The Bertz CT molecular complexity index is 880. The lowest BCUT2D eigenvalue weighted by Gasteiger charge is -2.37. The van der Waals surface area contributed by atoms with Crippen LogP contribution in [0.2, 0.25) is 0 Å². The molecular weight excluding hydrogens is 372 g/mol. The maximum Gasteiger partial charge on any atom is 0.253 e. The van der Waals surface area contributed by atoms with Crippen LogP contribution in [0.1, 0.15) is 45.1 Å². The van der Waals surface area contributed by atoms with Crippen molar-refractivity contribution in [3.63, 3.8) is 0 Å². The third-order valence-corrected chi connectivity index (χ3v) is 9.64. The third kappa shape index (κ3) is 2.76. The Morgan fingerprint density at radius 1 is 1.36 bits per heavy atom. The summed E-state index contributed by atoms with van der Waals surface area (Å²) < 4.78 is 27.5. The number of nitrogens with zero attached hydrogens (tertiary/aromatic N) is 1. The summed E-state index contributed by atoms with van der Waals surface area (Å²) >= 11 is 0. The van der Waals surface area contributed by atoms with Crippen LogP contribution in [-0.2, 0) is 21.4 Å². The summed E-state index contributed by atoms with van der Waals surface area (Å²) in [6.07, 6.45) is 4.87. The number of carbonyl (C=O) groups is 1. The maximum atomic E-state index is 13.4. The summed E-state index contributed by atoms with van der Waals surface area (Å²) in [7, 11) is -3.60. The van der Waals surface area contributed by atoms with Crippen molar-refractivity contribution in [2.75, 3.05) is 5.75 Å². The topological polar surface area (TPSA) is 66.5 Å². The number of amides is 1. The van der Waals surface area contributed by atoms with Gasteiger partial charge < -0.3 is 5.32 Å². The van der Waals surface area contributed by atoms with E-state index < -0.39 is 16.1 Å². The van der Waals surface area contributed by atoms with Crippen molar-refractivity contribution in [3.8, 4) is 0 Å². The maximum absolute atomic E-state index is 13.4. The number of hydrogen-bond acceptors (Lipinski definition) is 4. The summed E-state index contributed by atoms with van der Waals surface area (Å²) in [5, 5.41) is 3.27. The van der Waals surface area contributed by atoms with Gasteiger partial charge in [0.15, 0.2) is 0 Å². The lowest BCUT2D eigenvalue weighted by molar-refractivity contribution is -0.131. The first-order valence-corrected chi connectivity index (χ1v) is 11.8. The highest BCUT2D eigenvalue weighted by Crippen LogP contribution is 2.70. The summed E-state index contributed by atoms with van der Waals surface area (Å²) in [6, 6.07) is 9.06. The molecule has 2 bridgehead atoms. The monoisotopic (exact) mass is 402 g/mol. The summed E-state index contributed by atoms with van der Waals surface area (Å²) in [5.41, 5.74) is 0.737. The van der Waals surface area contributed by atoms with Crippen molar-refractivity contribution >= 4 is 15.9 Å². The van der Waals surface area contributed by atoms with E-state index in [0.29, 0.717) is 18.9 Å². The Morgan fingerprint density at radius 2 is 2.07 bits per heavy atom. The lowest BCUT2D eigenvalue weighted by Crippen LogP contribution is -2.51. The predicted octanol–water partition coefficient (Wildman–Crippen LogP) is 3.09. The minimum Gasteiger partial charge on any atom is -0.301 e. The molecule has 0 radical (unpaired) electrons. The Hall–Kier alpha value is -1.66. The van der Waals surface area contributed by atoms with Crippen LogP contribution in [0.5, 0.6) is 0 Å². The van der Waals surface area contributed by atoms with Crippen molar-refractivity contribution in [1.82, 2.24) is 9.62 Å². The van der Waals surface area contributed by atoms with Crippen LogP contribution >= 0.6 is 0 Å². The summed E-state index contributed by atoms with van der Waals surface area (Å²) in [4.78, 5) is 13.4. The average Bonchev–Trinajstić information content (AvgIpc) is 3.13. The fourth-order valence-electron chi connectivity index (χ4n) is 6.01. The van der Waals surface area contributed by atoms with E-state index in [9.17, 15) is 13.2 Å². The van der Waals surface area contributed by atoms with E-state index in [1.165, 1.54) is 4.31 Å². The summed E-state index contributed by atoms with van der Waals surface area (Å²) in [6.45, 7) is 8.68. The Kier molecular flexibility index (Phi) is 4.70. The number of sulfonamides is 1. The minimum atomic E-state index is -3.60. The standard InChI is InChI=1S/C22H30N2O3S/c1-4-8-18(23-14-16-9-6-5-7-10-16)20(25)24-19-13-17-11-12-22(19,21(17,2)3)15-28(24,26)27/h4-7,9-10,17-19,23H,1,8,11-15H2,2-3H3/t17-,18+,19-,22-/m0/s1. The molecule has 1 amide bonds. The zero-order valence-corrected chi connectivity index (χ0v) is 17.5. The molecule has 1 saturated heterocycles. The number of rotatable bonds is 6. The Labute approximate surface area is 168 Å². The third-order valence-electron chi connectivity index (χ3n) is 7.72. The minimum absolute atomic E-state index is 0.0365. The predicted molar refractivity (Wildman–Crippen MR) is 110 cm³/mol. The molecule has 4 rings (SSSR count). The van der Waals surface area contributed by atoms with E-state index in [1.807, 2.05) is 30.3 Å². The molecule has 0 unspecified atom stereocenters. The molecule has 3 aliphatic rings. The fourth-order valence-corrected chi connectivity index (χ4v) is 8.58. The van der Waals surface area contributed by atoms with E-state index in [2.05, 4.69) is 25.7 Å². The fraction of sp³-hybridized carbons (Fsp3) is 0.591. The van der Waals surface area contributed by atoms with Crippen LogP contribution in [0.25, 0.3) is 0 Å². The van der Waals surface area contributed by atoms with Gasteiger partial charge in [0.2, 0.25) is 10.0 Å². The quantitative estimate of drug-likeness (QED) is 0.743. The van der Waals surface area contributed by atoms with Gasteiger partial charge in [-0.3, -0.25) is 4.79 Å². The number of hydrogen-bond donors (Lipinski definition) is 1. The van der Waals surface area contributed by atoms with Gasteiger partial charge in [-0.15, -0.1) is 6.58 Å². The normalized spacial score (nSPS) is 32.9. The van der Waals surface area contributed by atoms with E-state index >= 15 is 0 Å². The van der Waals surface area contributed by atoms with Gasteiger partial charge in [0.05, 0.1) is 17.8 Å². The van der Waals surface area contributed by atoms with E-state index in [0.717, 1.165) is 24.8 Å². The number of carbonyl (C=O) groups excluding carboxylic acids is 1. The Balaban J connectivity index is 1.59. The van der Waals surface area contributed by atoms with Gasteiger partial charge in [0.25, 0.3) is 5.91 Å². The highest BCUT2D eigenvalue weighted by atomic mass is 32.2. The lowest BCUT2D eigenvalue weighted by atomic mass is 9.69. The number of benzene rings is 1. The molecule has 2 aliphatic carbocycles. The van der Waals surface area contributed by atoms with E-state index in [-0.39, 0.29) is 28.5 Å². The van der Waals surface area contributed by atoms with Gasteiger partial charge >= 0.3 is 0 Å². The van der Waals surface area contributed by atoms with E-state index in [1.54, 1.807) is 6.08 Å². The summed E-state index contributed by atoms with van der Waals surface area (Å²) in [5.74, 6) is 0.291. The van der Waals surface area contributed by atoms with Crippen LogP contribution in [0.3, 0.4) is 0 Å². The van der Waals surface area contributed by atoms with Crippen LogP contribution in [0.15, 0.2) is 43.0 Å². The molecule has 152 valence electrons. The average molecular weight is 403 g/mol. The van der Waals surface area contributed by atoms with Crippen molar-refractivity contribution in [1.29, 1.82) is 0 Å². The molecule has 1 aromatic rings. The van der Waals surface area contributed by atoms with Gasteiger partial charge in [-0.1, -0.05) is 50.3 Å². The molecule has 1 heterocycles. The zero-order chi connectivity index (χ0) is 20.2. The van der Waals surface area contributed by atoms with Gasteiger partial charge in [0, 0.05) is 12.0 Å². The number of fused-ring (bicyclic) bond motifs is 1. The van der Waals surface area contributed by atoms with Gasteiger partial charge in [-0.2, -0.15) is 0 Å². The van der Waals surface area contributed by atoms with E-state index in [4.69, 9.17) is 0 Å². The molecule has 1 aromatic carbocycles. The molecule has 0 aromatic heterocycles. The van der Waals surface area contributed by atoms with Crippen LogP contribution in [-0.4, -0.2) is 36.5 Å². The Morgan fingerprint density at radius 3 is 2.71 bits per heavy atom. The van der Waals surface area contributed by atoms with Crippen molar-refractivity contribution < 1.29 is 13.2 Å². The van der Waals surface area contributed by atoms with Gasteiger partial charge in [0.1, 0.15) is 0 Å². The van der Waals surface area contributed by atoms with Crippen molar-refractivity contribution in [2.24, 2.45) is 16.7 Å². The van der Waals surface area contributed by atoms with Crippen LogP contribution < -0.4 is 5.32 Å². The van der Waals surface area contributed by atoms with Crippen LogP contribution in [0.4, 0.5) is 0 Å². The molecule has 2 saturated carbocycles. The molecule has 28 heavy (non-hydrogen) atoms. The molecule has 1 aliphatic heterocycles. The smallest absolute Gasteiger partial charge is 0.253 e. The van der Waals surface area contributed by atoms with Gasteiger partial charge in [-0.05, 0) is 42.6 Å². The molecule has 5 nitrogen and oxygen atoms in total. The zero-order valence-electron chi connectivity index (χ0n) is 16.7. The molecule has 1 N–H and O–H groups in total. The first-order chi connectivity index (χ1) is 13.2. The highest BCUT2D eigenvalue weighted by molar-refractivity contribution is 7.90.